The van der Waals surface area contributed by atoms with Crippen LogP contribution < -0.4 is 5.32 Å². The maximum absolute atomic E-state index is 12.7. The van der Waals surface area contributed by atoms with Gasteiger partial charge in [0.05, 0.1) is 6.54 Å². The van der Waals surface area contributed by atoms with E-state index in [1.54, 1.807) is 0 Å². The highest BCUT2D eigenvalue weighted by atomic mass is 16.2. The van der Waals surface area contributed by atoms with Gasteiger partial charge in [-0.3, -0.25) is 14.5 Å². The van der Waals surface area contributed by atoms with E-state index in [9.17, 15) is 9.59 Å². The Hall–Kier alpha value is -2.66. The summed E-state index contributed by atoms with van der Waals surface area (Å²) < 4.78 is 0. The summed E-state index contributed by atoms with van der Waals surface area (Å²) in [5.41, 5.74) is 3.13. The molecule has 0 radical (unpaired) electrons. The van der Waals surface area contributed by atoms with E-state index in [-0.39, 0.29) is 11.8 Å². The molecule has 1 heterocycles. The maximum atomic E-state index is 12.7. The zero-order chi connectivity index (χ0) is 20.5. The number of rotatable bonds is 8. The second-order valence-corrected chi connectivity index (χ2v) is 7.63. The number of benzene rings is 2. The van der Waals surface area contributed by atoms with Gasteiger partial charge in [0.15, 0.2) is 0 Å². The summed E-state index contributed by atoms with van der Waals surface area (Å²) in [6.45, 7) is 5.86. The number of hydrogen-bond acceptors (Lipinski definition) is 3. The molecule has 2 aromatic rings. The summed E-state index contributed by atoms with van der Waals surface area (Å²) in [4.78, 5) is 28.9. The van der Waals surface area contributed by atoms with Crippen LogP contribution >= 0.6 is 0 Å². The number of hydrogen-bond donors (Lipinski definition) is 1. The van der Waals surface area contributed by atoms with Crippen LogP contribution in [0.1, 0.15) is 41.3 Å². The fourth-order valence-corrected chi connectivity index (χ4v) is 3.54. The monoisotopic (exact) mass is 393 g/mol. The number of carbonyl (C=O) groups excluding carboxylic acids is 2. The summed E-state index contributed by atoms with van der Waals surface area (Å²) in [5.74, 6) is 0.108. The van der Waals surface area contributed by atoms with Gasteiger partial charge in [-0.05, 0) is 36.1 Å². The third-order valence-corrected chi connectivity index (χ3v) is 5.38. The van der Waals surface area contributed by atoms with Crippen molar-refractivity contribution in [1.29, 1.82) is 0 Å². The molecular formula is C24H31N3O2. The van der Waals surface area contributed by atoms with Crippen LogP contribution in [0.5, 0.6) is 0 Å². The van der Waals surface area contributed by atoms with Crippen molar-refractivity contribution >= 4 is 11.8 Å². The van der Waals surface area contributed by atoms with Crippen molar-refractivity contribution in [2.24, 2.45) is 0 Å². The smallest absolute Gasteiger partial charge is 0.253 e. The summed E-state index contributed by atoms with van der Waals surface area (Å²) in [6.07, 6.45) is 3.42. The zero-order valence-electron chi connectivity index (χ0n) is 17.3. The van der Waals surface area contributed by atoms with Crippen LogP contribution in [-0.2, 0) is 17.8 Å². The third kappa shape index (κ3) is 6.43. The number of nitrogens with one attached hydrogen (secondary N) is 1. The molecule has 0 saturated carbocycles. The van der Waals surface area contributed by atoms with Crippen molar-refractivity contribution in [3.05, 3.63) is 71.3 Å². The number of carbonyl (C=O) groups is 2. The van der Waals surface area contributed by atoms with E-state index in [2.05, 4.69) is 29.3 Å². The number of nitrogens with zero attached hydrogens (tertiary/aromatic N) is 2. The van der Waals surface area contributed by atoms with Gasteiger partial charge in [0.25, 0.3) is 5.91 Å². The minimum atomic E-state index is 0.0243. The molecular weight excluding hydrogens is 362 g/mol. The Morgan fingerprint density at radius 1 is 0.897 bits per heavy atom. The molecule has 2 aromatic carbocycles. The van der Waals surface area contributed by atoms with E-state index >= 15 is 0 Å². The van der Waals surface area contributed by atoms with E-state index in [4.69, 9.17) is 0 Å². The lowest BCUT2D eigenvalue weighted by Gasteiger charge is -2.34. The van der Waals surface area contributed by atoms with Crippen LogP contribution in [-0.4, -0.2) is 54.3 Å². The molecule has 1 aliphatic rings. The predicted molar refractivity (Wildman–Crippen MR) is 116 cm³/mol. The molecule has 5 heteroatoms. The summed E-state index contributed by atoms with van der Waals surface area (Å²) >= 11 is 0. The molecule has 5 nitrogen and oxygen atoms in total. The lowest BCUT2D eigenvalue weighted by molar-refractivity contribution is -0.122. The van der Waals surface area contributed by atoms with Gasteiger partial charge in [0.1, 0.15) is 0 Å². The topological polar surface area (TPSA) is 52.7 Å². The maximum Gasteiger partial charge on any atom is 0.253 e. The van der Waals surface area contributed by atoms with Gasteiger partial charge < -0.3 is 10.2 Å². The lowest BCUT2D eigenvalue weighted by atomic mass is 10.1. The third-order valence-electron chi connectivity index (χ3n) is 5.38. The first-order valence-corrected chi connectivity index (χ1v) is 10.6. The minimum Gasteiger partial charge on any atom is -0.351 e. The van der Waals surface area contributed by atoms with Gasteiger partial charge in [-0.1, -0.05) is 55.8 Å². The second-order valence-electron chi connectivity index (χ2n) is 7.63. The van der Waals surface area contributed by atoms with Gasteiger partial charge in [0.2, 0.25) is 5.91 Å². The van der Waals surface area contributed by atoms with Crippen molar-refractivity contribution in [1.82, 2.24) is 15.1 Å². The molecule has 29 heavy (non-hydrogen) atoms. The van der Waals surface area contributed by atoms with Crippen LogP contribution in [0.25, 0.3) is 0 Å². The van der Waals surface area contributed by atoms with E-state index in [0.717, 1.165) is 30.6 Å². The van der Waals surface area contributed by atoms with Gasteiger partial charge in [0, 0.05) is 38.3 Å². The fraction of sp³-hybridized carbons (Fsp3) is 0.417. The molecule has 2 amide bonds. The molecule has 1 aliphatic heterocycles. The van der Waals surface area contributed by atoms with Crippen molar-refractivity contribution < 1.29 is 9.59 Å². The zero-order valence-corrected chi connectivity index (χ0v) is 17.3. The SMILES string of the molecule is CCCCc1ccc(C(=O)N2CCN(CC(=O)NCc3ccccc3)CC2)cc1. The Labute approximate surface area is 173 Å². The molecule has 0 atom stereocenters. The van der Waals surface area contributed by atoms with Crippen molar-refractivity contribution in [3.8, 4) is 0 Å². The normalized spacial score (nSPS) is 14.6. The first-order valence-electron chi connectivity index (χ1n) is 10.6. The number of unbranched alkanes of at least 4 members (excludes halogenated alkanes) is 1. The summed E-state index contributed by atoms with van der Waals surface area (Å²) in [6, 6.07) is 17.9. The van der Waals surface area contributed by atoms with Crippen LogP contribution in [0.4, 0.5) is 0 Å². The van der Waals surface area contributed by atoms with Crippen LogP contribution in [0.3, 0.4) is 0 Å². The highest BCUT2D eigenvalue weighted by Gasteiger charge is 2.23. The van der Waals surface area contributed by atoms with Crippen molar-refractivity contribution in [3.63, 3.8) is 0 Å². The molecule has 3 rings (SSSR count). The van der Waals surface area contributed by atoms with Gasteiger partial charge in [-0.25, -0.2) is 0 Å². The van der Waals surface area contributed by atoms with Crippen LogP contribution in [0.15, 0.2) is 54.6 Å². The molecule has 1 saturated heterocycles. The molecule has 1 N–H and O–H groups in total. The molecule has 0 aromatic heterocycles. The van der Waals surface area contributed by atoms with Gasteiger partial charge in [-0.15, -0.1) is 0 Å². The van der Waals surface area contributed by atoms with Gasteiger partial charge >= 0.3 is 0 Å². The van der Waals surface area contributed by atoms with Gasteiger partial charge in [-0.2, -0.15) is 0 Å². The van der Waals surface area contributed by atoms with E-state index in [1.165, 1.54) is 18.4 Å². The molecule has 154 valence electrons. The van der Waals surface area contributed by atoms with Crippen molar-refractivity contribution in [2.75, 3.05) is 32.7 Å². The lowest BCUT2D eigenvalue weighted by Crippen LogP contribution is -2.51. The number of piperazine rings is 1. The molecule has 0 bridgehead atoms. The van der Waals surface area contributed by atoms with Crippen molar-refractivity contribution in [2.45, 2.75) is 32.7 Å². The Kier molecular flexibility index (Phi) is 7.82. The molecule has 0 aliphatic carbocycles. The highest BCUT2D eigenvalue weighted by molar-refractivity contribution is 5.94. The number of aryl methyl sites for hydroxylation is 1. The van der Waals surface area contributed by atoms with E-state index < -0.39 is 0 Å². The largest absolute Gasteiger partial charge is 0.351 e. The van der Waals surface area contributed by atoms with E-state index in [1.807, 2.05) is 47.4 Å². The molecule has 1 fully saturated rings. The van der Waals surface area contributed by atoms with E-state index in [0.29, 0.717) is 26.2 Å². The number of amides is 2. The van der Waals surface area contributed by atoms with Crippen LogP contribution in [0, 0.1) is 0 Å². The first kappa shape index (κ1) is 21.1. The Balaban J connectivity index is 1.41. The van der Waals surface area contributed by atoms with Crippen LogP contribution in [0.2, 0.25) is 0 Å². The predicted octanol–water partition coefficient (Wildman–Crippen LogP) is 3.10. The standard InChI is InChI=1S/C24H31N3O2/c1-2-3-7-20-10-12-22(13-11-20)24(29)27-16-14-26(15-17-27)19-23(28)25-18-21-8-5-4-6-9-21/h4-6,8-13H,2-3,7,14-19H2,1H3,(H,25,28). The second kappa shape index (κ2) is 10.8. The molecule has 0 unspecified atom stereocenters. The Bertz CT molecular complexity index is 782. The summed E-state index contributed by atoms with van der Waals surface area (Å²) in [7, 11) is 0. The summed E-state index contributed by atoms with van der Waals surface area (Å²) in [5, 5.41) is 2.96. The molecule has 0 spiro atoms. The Morgan fingerprint density at radius 2 is 1.59 bits per heavy atom. The first-order chi connectivity index (χ1) is 14.2. The fourth-order valence-electron chi connectivity index (χ4n) is 3.54. The average molecular weight is 394 g/mol. The highest BCUT2D eigenvalue weighted by Crippen LogP contribution is 2.12. The average Bonchev–Trinajstić information content (AvgIpc) is 2.77. The Morgan fingerprint density at radius 3 is 2.24 bits per heavy atom. The quantitative estimate of drug-likeness (QED) is 0.750. The minimum absolute atomic E-state index is 0.0243.